The minimum Gasteiger partial charge on any atom is -0.456 e. The van der Waals surface area contributed by atoms with Crippen LogP contribution in [0.5, 0.6) is 0 Å². The number of rotatable bonds is 3. The number of para-hydroxylation sites is 2. The Kier molecular flexibility index (Phi) is 5.28. The maximum atomic E-state index is 6.36. The fourth-order valence-electron chi connectivity index (χ4n) is 6.26. The summed E-state index contributed by atoms with van der Waals surface area (Å²) in [6, 6.07) is 46.9. The van der Waals surface area contributed by atoms with Gasteiger partial charge in [0, 0.05) is 20.5 Å². The average molecular weight is 625 g/mol. The molecule has 1 aliphatic heterocycles. The number of nitrogens with zero attached hydrogens (tertiary/aromatic N) is 2. The Hall–Kier alpha value is -4.57. The summed E-state index contributed by atoms with van der Waals surface area (Å²) in [5.74, 6) is 0. The van der Waals surface area contributed by atoms with Crippen molar-refractivity contribution in [3.8, 4) is 0 Å². The van der Waals surface area contributed by atoms with Gasteiger partial charge < -0.3 is 8.83 Å². The van der Waals surface area contributed by atoms with E-state index >= 15 is 0 Å². The van der Waals surface area contributed by atoms with Crippen LogP contribution in [0.1, 0.15) is 0 Å². The summed E-state index contributed by atoms with van der Waals surface area (Å²) in [4.78, 5) is 0. The predicted molar refractivity (Wildman–Crippen MR) is 179 cm³/mol. The van der Waals surface area contributed by atoms with Crippen LogP contribution in [-0.2, 0) is 0 Å². The quantitative estimate of drug-likeness (QED) is 0.183. The molecular formula is C36H22BrN2O2P. The second kappa shape index (κ2) is 9.22. The second-order valence-corrected chi connectivity index (χ2v) is 13.2. The number of anilines is 4. The highest BCUT2D eigenvalue weighted by molar-refractivity contribution is 9.10. The minimum absolute atomic E-state index is 0.884. The van der Waals surface area contributed by atoms with E-state index in [2.05, 4.69) is 134 Å². The number of hydrogen-bond donors (Lipinski definition) is 0. The number of halogens is 1. The predicted octanol–water partition coefficient (Wildman–Crippen LogP) is 11.2. The van der Waals surface area contributed by atoms with E-state index < -0.39 is 8.22 Å². The van der Waals surface area contributed by atoms with Crippen LogP contribution in [0.25, 0.3) is 43.9 Å². The van der Waals surface area contributed by atoms with E-state index in [1.54, 1.807) is 0 Å². The number of benzene rings is 6. The van der Waals surface area contributed by atoms with Crippen LogP contribution in [0, 0.1) is 0 Å². The molecule has 6 heteroatoms. The van der Waals surface area contributed by atoms with Gasteiger partial charge >= 0.3 is 0 Å². The van der Waals surface area contributed by atoms with Gasteiger partial charge in [0.05, 0.1) is 33.5 Å². The molecule has 4 nitrogen and oxygen atoms in total. The first kappa shape index (κ1) is 24.1. The lowest BCUT2D eigenvalue weighted by molar-refractivity contribution is 0.668. The molecule has 6 aromatic carbocycles. The zero-order valence-corrected chi connectivity index (χ0v) is 24.7. The van der Waals surface area contributed by atoms with E-state index in [0.29, 0.717) is 0 Å². The van der Waals surface area contributed by atoms with Crippen molar-refractivity contribution in [3.05, 3.63) is 138 Å². The van der Waals surface area contributed by atoms with Gasteiger partial charge in [-0.05, 0) is 54.6 Å². The molecule has 3 heterocycles. The molecule has 1 aliphatic rings. The summed E-state index contributed by atoms with van der Waals surface area (Å²) < 4.78 is 18.8. The van der Waals surface area contributed by atoms with Crippen LogP contribution in [0.2, 0.25) is 0 Å². The van der Waals surface area contributed by atoms with Gasteiger partial charge in [-0.3, -0.25) is 9.34 Å². The molecule has 0 bridgehead atoms. The molecule has 0 fully saturated rings. The van der Waals surface area contributed by atoms with E-state index in [0.717, 1.165) is 71.1 Å². The Morgan fingerprint density at radius 3 is 1.60 bits per heavy atom. The highest BCUT2D eigenvalue weighted by atomic mass is 79.9. The fourth-order valence-corrected chi connectivity index (χ4v) is 9.17. The lowest BCUT2D eigenvalue weighted by Crippen LogP contribution is -2.22. The topological polar surface area (TPSA) is 32.8 Å². The average Bonchev–Trinajstić information content (AvgIpc) is 3.70. The highest BCUT2D eigenvalue weighted by Crippen LogP contribution is 2.67. The first-order chi connectivity index (χ1) is 20.8. The maximum absolute atomic E-state index is 6.36. The van der Waals surface area contributed by atoms with Gasteiger partial charge in [-0.1, -0.05) is 94.8 Å². The summed E-state index contributed by atoms with van der Waals surface area (Å²) >= 11 is 3.79. The van der Waals surface area contributed by atoms with Crippen molar-refractivity contribution >= 4 is 96.1 Å². The van der Waals surface area contributed by atoms with Crippen LogP contribution < -0.4 is 14.6 Å². The Labute approximate surface area is 251 Å². The normalized spacial score (nSPS) is 14.9. The molecule has 8 aromatic rings. The van der Waals surface area contributed by atoms with Gasteiger partial charge in [-0.25, -0.2) is 0 Å². The van der Waals surface area contributed by atoms with Gasteiger partial charge in [-0.15, -0.1) is 0 Å². The summed E-state index contributed by atoms with van der Waals surface area (Å²) in [7, 11) is -1.12. The van der Waals surface area contributed by atoms with Crippen LogP contribution >= 0.6 is 24.2 Å². The third-order valence-corrected chi connectivity index (χ3v) is 10.9. The van der Waals surface area contributed by atoms with Gasteiger partial charge in [0.2, 0.25) is 0 Å². The van der Waals surface area contributed by atoms with Gasteiger partial charge in [-0.2, -0.15) is 0 Å². The van der Waals surface area contributed by atoms with Gasteiger partial charge in [0.15, 0.2) is 0 Å². The second-order valence-electron chi connectivity index (χ2n) is 10.4. The molecular weight excluding hydrogens is 603 g/mol. The van der Waals surface area contributed by atoms with Gasteiger partial charge in [0.25, 0.3) is 0 Å². The minimum atomic E-state index is -1.12. The van der Waals surface area contributed by atoms with E-state index in [1.165, 1.54) is 5.30 Å². The molecule has 1 atom stereocenters. The SMILES string of the molecule is Brc1ccc2c(c1)N(c1cccc3oc4ccccc4c13)P(c1ccccc1)N2c1cccc2oc3ccccc3c12. The first-order valence-corrected chi connectivity index (χ1v) is 15.9. The lowest BCUT2D eigenvalue weighted by atomic mass is 10.1. The van der Waals surface area contributed by atoms with Crippen molar-refractivity contribution in [2.45, 2.75) is 0 Å². The van der Waals surface area contributed by atoms with Crippen LogP contribution in [0.15, 0.2) is 147 Å². The van der Waals surface area contributed by atoms with Crippen molar-refractivity contribution < 1.29 is 8.83 Å². The molecule has 2 aromatic heterocycles. The first-order valence-electron chi connectivity index (χ1n) is 13.8. The monoisotopic (exact) mass is 624 g/mol. The third kappa shape index (κ3) is 3.44. The van der Waals surface area contributed by atoms with Crippen molar-refractivity contribution in [1.82, 2.24) is 0 Å². The Balaban J connectivity index is 1.40. The molecule has 9 rings (SSSR count). The molecule has 0 N–H and O–H groups in total. The van der Waals surface area contributed by atoms with E-state index in [9.17, 15) is 0 Å². The van der Waals surface area contributed by atoms with E-state index in [-0.39, 0.29) is 0 Å². The van der Waals surface area contributed by atoms with Crippen LogP contribution in [0.3, 0.4) is 0 Å². The molecule has 200 valence electrons. The smallest absolute Gasteiger partial charge is 0.138 e. The third-order valence-electron chi connectivity index (χ3n) is 7.98. The van der Waals surface area contributed by atoms with Crippen molar-refractivity contribution in [1.29, 1.82) is 0 Å². The number of furan rings is 2. The maximum Gasteiger partial charge on any atom is 0.138 e. The van der Waals surface area contributed by atoms with Crippen molar-refractivity contribution in [2.24, 2.45) is 0 Å². The fraction of sp³-hybridized carbons (Fsp3) is 0. The van der Waals surface area contributed by atoms with E-state index in [1.807, 2.05) is 24.3 Å². The molecule has 0 saturated carbocycles. The molecule has 0 aliphatic carbocycles. The Bertz CT molecular complexity index is 2310. The zero-order valence-electron chi connectivity index (χ0n) is 22.2. The summed E-state index contributed by atoms with van der Waals surface area (Å²) in [6.45, 7) is 0. The number of hydrogen-bond acceptors (Lipinski definition) is 4. The van der Waals surface area contributed by atoms with Crippen molar-refractivity contribution in [2.75, 3.05) is 9.34 Å². The van der Waals surface area contributed by atoms with E-state index in [4.69, 9.17) is 8.83 Å². The molecule has 0 spiro atoms. The van der Waals surface area contributed by atoms with Crippen molar-refractivity contribution in [3.63, 3.8) is 0 Å². The largest absolute Gasteiger partial charge is 0.456 e. The molecule has 0 amide bonds. The Morgan fingerprint density at radius 1 is 0.452 bits per heavy atom. The zero-order chi connectivity index (χ0) is 27.8. The molecule has 0 radical (unpaired) electrons. The summed E-state index contributed by atoms with van der Waals surface area (Å²) in [5, 5.41) is 5.72. The Morgan fingerprint density at radius 2 is 0.976 bits per heavy atom. The standard InChI is InChI=1S/C36H22BrN2O2P/c37-23-20-21-27-30(22-23)39(29-15-9-19-34-36(29)26-13-5-7-17-32(26)41-34)42(24-10-2-1-3-11-24)38(27)28-14-8-18-33-35(28)25-12-4-6-16-31(25)40-33/h1-22H. The van der Waals surface area contributed by atoms with Crippen LogP contribution in [0.4, 0.5) is 22.7 Å². The molecule has 1 unspecified atom stereocenters. The molecule has 42 heavy (non-hydrogen) atoms. The summed E-state index contributed by atoms with van der Waals surface area (Å²) in [5.41, 5.74) is 8.10. The van der Waals surface area contributed by atoms with Crippen LogP contribution in [-0.4, -0.2) is 0 Å². The molecule has 0 saturated heterocycles. The summed E-state index contributed by atoms with van der Waals surface area (Å²) in [6.07, 6.45) is 0. The lowest BCUT2D eigenvalue weighted by Gasteiger charge is -2.33. The highest BCUT2D eigenvalue weighted by Gasteiger charge is 2.41. The van der Waals surface area contributed by atoms with Gasteiger partial charge in [0.1, 0.15) is 30.6 Å². The number of fused-ring (bicyclic) bond motifs is 7.